The molecular weight excluding hydrogens is 480 g/mol. The normalized spacial score (nSPS) is 20.0. The van der Waals surface area contributed by atoms with Gasteiger partial charge in [0.15, 0.2) is 0 Å². The van der Waals surface area contributed by atoms with Crippen LogP contribution < -0.4 is 0 Å². The number of Topliss-reactive ketones (excluding diaryl/α,β-unsaturated/α-hetero) is 1. The second-order valence-corrected chi connectivity index (χ2v) is 10.2. The highest BCUT2D eigenvalue weighted by Crippen LogP contribution is 2.40. The smallest absolute Gasteiger partial charge is 0.295 e. The van der Waals surface area contributed by atoms with Crippen LogP contribution in [0.15, 0.2) is 66.4 Å². The van der Waals surface area contributed by atoms with Crippen LogP contribution in [0.25, 0.3) is 11.4 Å². The standard InChI is InChI=1S/C30H34N4O4/c1-20(2)22-9-11-23(12-10-22)27-26(29(36)30(37)33(27)14-13-32-15-17-38-18-16-32)28(35)25-19-31-34(21(25)3)24-7-5-4-6-8-24/h4-12,19-20,27,35H,13-18H2,1-3H3/b28-26+/t27-/m1/s1. The first kappa shape index (κ1) is 25.9. The average Bonchev–Trinajstić information content (AvgIpc) is 3.45. The Kier molecular flexibility index (Phi) is 7.44. The Morgan fingerprint density at radius 3 is 2.37 bits per heavy atom. The Balaban J connectivity index is 1.56. The van der Waals surface area contributed by atoms with Gasteiger partial charge in [0.2, 0.25) is 0 Å². The number of ketones is 1. The van der Waals surface area contributed by atoms with E-state index in [1.54, 1.807) is 15.8 Å². The molecule has 198 valence electrons. The topological polar surface area (TPSA) is 87.9 Å². The number of aliphatic hydroxyl groups excluding tert-OH is 1. The number of carbonyl (C=O) groups is 2. The van der Waals surface area contributed by atoms with Gasteiger partial charge < -0.3 is 14.7 Å². The summed E-state index contributed by atoms with van der Waals surface area (Å²) in [4.78, 5) is 30.7. The van der Waals surface area contributed by atoms with E-state index in [9.17, 15) is 14.7 Å². The first-order valence-corrected chi connectivity index (χ1v) is 13.2. The van der Waals surface area contributed by atoms with Crippen molar-refractivity contribution in [2.45, 2.75) is 32.7 Å². The molecule has 1 atom stereocenters. The van der Waals surface area contributed by atoms with Crippen molar-refractivity contribution in [2.75, 3.05) is 39.4 Å². The Bertz CT molecular complexity index is 1340. The number of amides is 1. The quantitative estimate of drug-likeness (QED) is 0.291. The number of para-hydroxylation sites is 1. The van der Waals surface area contributed by atoms with Gasteiger partial charge in [-0.05, 0) is 36.1 Å². The van der Waals surface area contributed by atoms with Crippen LogP contribution in [0.3, 0.4) is 0 Å². The summed E-state index contributed by atoms with van der Waals surface area (Å²) in [6.45, 7) is 9.98. The number of carbonyl (C=O) groups excluding carboxylic acids is 2. The Morgan fingerprint density at radius 1 is 1.03 bits per heavy atom. The maximum atomic E-state index is 13.5. The summed E-state index contributed by atoms with van der Waals surface area (Å²) in [6, 6.07) is 16.9. The van der Waals surface area contributed by atoms with Crippen molar-refractivity contribution >= 4 is 17.4 Å². The fourth-order valence-electron chi connectivity index (χ4n) is 5.21. The van der Waals surface area contributed by atoms with Crippen molar-refractivity contribution in [1.29, 1.82) is 0 Å². The van der Waals surface area contributed by atoms with Crippen molar-refractivity contribution in [1.82, 2.24) is 19.6 Å². The number of hydrogen-bond donors (Lipinski definition) is 1. The van der Waals surface area contributed by atoms with E-state index >= 15 is 0 Å². The number of benzene rings is 2. The molecule has 0 unspecified atom stereocenters. The molecule has 2 aromatic carbocycles. The predicted molar refractivity (Wildman–Crippen MR) is 145 cm³/mol. The number of rotatable bonds is 7. The zero-order valence-corrected chi connectivity index (χ0v) is 22.1. The van der Waals surface area contributed by atoms with Gasteiger partial charge in [-0.3, -0.25) is 14.5 Å². The summed E-state index contributed by atoms with van der Waals surface area (Å²) in [6.07, 6.45) is 1.55. The van der Waals surface area contributed by atoms with Crippen LogP contribution in [0, 0.1) is 6.92 Å². The van der Waals surface area contributed by atoms with Crippen molar-refractivity contribution < 1.29 is 19.4 Å². The van der Waals surface area contributed by atoms with Crippen LogP contribution in [-0.4, -0.2) is 75.8 Å². The van der Waals surface area contributed by atoms with Gasteiger partial charge in [-0.1, -0.05) is 56.3 Å². The zero-order valence-electron chi connectivity index (χ0n) is 22.1. The van der Waals surface area contributed by atoms with Crippen LogP contribution in [0.1, 0.15) is 48.2 Å². The lowest BCUT2D eigenvalue weighted by Crippen LogP contribution is -2.42. The molecule has 2 saturated heterocycles. The number of likely N-dealkylation sites (tertiary alicyclic amines) is 1. The van der Waals surface area contributed by atoms with Crippen LogP contribution in [0.5, 0.6) is 0 Å². The van der Waals surface area contributed by atoms with Gasteiger partial charge in [0.1, 0.15) is 5.76 Å². The molecule has 0 spiro atoms. The van der Waals surface area contributed by atoms with Crippen LogP contribution in [0.4, 0.5) is 0 Å². The van der Waals surface area contributed by atoms with Gasteiger partial charge in [0.25, 0.3) is 11.7 Å². The summed E-state index contributed by atoms with van der Waals surface area (Å²) in [5.41, 5.74) is 4.02. The van der Waals surface area contributed by atoms with Gasteiger partial charge in [-0.2, -0.15) is 5.10 Å². The van der Waals surface area contributed by atoms with Crippen molar-refractivity contribution in [3.8, 4) is 5.69 Å². The Labute approximate surface area is 223 Å². The average molecular weight is 515 g/mol. The van der Waals surface area contributed by atoms with Crippen molar-refractivity contribution in [3.05, 3.63) is 88.8 Å². The minimum Gasteiger partial charge on any atom is -0.507 e. The molecule has 1 aromatic heterocycles. The first-order valence-electron chi connectivity index (χ1n) is 13.2. The summed E-state index contributed by atoms with van der Waals surface area (Å²) < 4.78 is 7.17. The third kappa shape index (κ3) is 4.89. The number of morpholine rings is 1. The highest BCUT2D eigenvalue weighted by molar-refractivity contribution is 6.46. The van der Waals surface area contributed by atoms with Gasteiger partial charge in [-0.25, -0.2) is 4.68 Å². The number of aliphatic hydroxyl groups is 1. The fraction of sp³-hybridized carbons (Fsp3) is 0.367. The second kappa shape index (κ2) is 10.9. The van der Waals surface area contributed by atoms with Gasteiger partial charge in [0.05, 0.1) is 48.0 Å². The van der Waals surface area contributed by atoms with Gasteiger partial charge in [-0.15, -0.1) is 0 Å². The van der Waals surface area contributed by atoms with E-state index in [1.165, 1.54) is 5.56 Å². The summed E-state index contributed by atoms with van der Waals surface area (Å²) in [5, 5.41) is 16.0. The first-order chi connectivity index (χ1) is 18.4. The molecule has 2 aliphatic rings. The molecule has 8 nitrogen and oxygen atoms in total. The molecule has 1 N–H and O–H groups in total. The minimum atomic E-state index is -0.684. The van der Waals surface area contributed by atoms with E-state index in [0.29, 0.717) is 43.5 Å². The second-order valence-electron chi connectivity index (χ2n) is 10.2. The molecule has 0 bridgehead atoms. The van der Waals surface area contributed by atoms with Crippen LogP contribution in [0.2, 0.25) is 0 Å². The highest BCUT2D eigenvalue weighted by Gasteiger charge is 2.46. The summed E-state index contributed by atoms with van der Waals surface area (Å²) >= 11 is 0. The van der Waals surface area contributed by atoms with E-state index in [1.807, 2.05) is 61.5 Å². The molecular formula is C30H34N4O4. The molecule has 2 aliphatic heterocycles. The summed E-state index contributed by atoms with van der Waals surface area (Å²) in [5.74, 6) is -1.11. The molecule has 8 heteroatoms. The third-order valence-electron chi connectivity index (χ3n) is 7.49. The molecule has 0 saturated carbocycles. The lowest BCUT2D eigenvalue weighted by Gasteiger charge is -2.31. The van der Waals surface area contributed by atoms with E-state index in [4.69, 9.17) is 4.74 Å². The highest BCUT2D eigenvalue weighted by atomic mass is 16.5. The molecule has 3 heterocycles. The molecule has 5 rings (SSSR count). The maximum absolute atomic E-state index is 13.5. The molecule has 0 radical (unpaired) electrons. The molecule has 3 aromatic rings. The van der Waals surface area contributed by atoms with E-state index in [2.05, 4.69) is 23.8 Å². The molecule has 38 heavy (non-hydrogen) atoms. The number of aromatic nitrogens is 2. The minimum absolute atomic E-state index is 0.102. The predicted octanol–water partition coefficient (Wildman–Crippen LogP) is 4.06. The number of ether oxygens (including phenoxy) is 1. The van der Waals surface area contributed by atoms with Crippen molar-refractivity contribution in [3.63, 3.8) is 0 Å². The Morgan fingerprint density at radius 2 is 1.71 bits per heavy atom. The SMILES string of the molecule is Cc1c(/C(O)=C2\C(=O)C(=O)N(CCN3CCOCC3)[C@@H]2c2ccc(C(C)C)cc2)cnn1-c1ccccc1. The lowest BCUT2D eigenvalue weighted by atomic mass is 9.93. The molecule has 1 amide bonds. The fourth-order valence-corrected chi connectivity index (χ4v) is 5.21. The number of hydrogen-bond acceptors (Lipinski definition) is 6. The summed E-state index contributed by atoms with van der Waals surface area (Å²) in [7, 11) is 0. The van der Waals surface area contributed by atoms with Gasteiger partial charge >= 0.3 is 0 Å². The maximum Gasteiger partial charge on any atom is 0.295 e. The lowest BCUT2D eigenvalue weighted by molar-refractivity contribution is -0.140. The Hall–Kier alpha value is -3.75. The van der Waals surface area contributed by atoms with E-state index < -0.39 is 17.7 Å². The largest absolute Gasteiger partial charge is 0.507 e. The molecule has 2 fully saturated rings. The van der Waals surface area contributed by atoms with E-state index in [0.717, 1.165) is 24.3 Å². The van der Waals surface area contributed by atoms with Crippen LogP contribution >= 0.6 is 0 Å². The zero-order chi connectivity index (χ0) is 26.8. The number of nitrogens with zero attached hydrogens (tertiary/aromatic N) is 4. The van der Waals surface area contributed by atoms with Crippen molar-refractivity contribution in [2.24, 2.45) is 0 Å². The molecule has 0 aliphatic carbocycles. The monoisotopic (exact) mass is 514 g/mol. The van der Waals surface area contributed by atoms with Gasteiger partial charge in [0, 0.05) is 26.2 Å². The van der Waals surface area contributed by atoms with Crippen LogP contribution in [-0.2, 0) is 14.3 Å². The van der Waals surface area contributed by atoms with E-state index in [-0.39, 0.29) is 11.3 Å². The third-order valence-corrected chi connectivity index (χ3v) is 7.49.